The number of nitrogens with one attached hydrogen (secondary N) is 2. The summed E-state index contributed by atoms with van der Waals surface area (Å²) in [5.74, 6) is 0.714. The van der Waals surface area contributed by atoms with Gasteiger partial charge in [-0.2, -0.15) is 0 Å². The molecule has 404 valence electrons. The number of furan rings is 3. The molecule has 1 aliphatic carbocycles. The summed E-state index contributed by atoms with van der Waals surface area (Å²) >= 11 is 0. The van der Waals surface area contributed by atoms with Crippen LogP contribution >= 0.6 is 0 Å². The van der Waals surface area contributed by atoms with Crippen molar-refractivity contribution in [1.82, 2.24) is 10.3 Å². The van der Waals surface area contributed by atoms with Crippen LogP contribution in [-0.2, 0) is 40.1 Å². The molecule has 5 aromatic heterocycles. The number of para-hydroxylation sites is 1. The summed E-state index contributed by atoms with van der Waals surface area (Å²) in [4.78, 5) is 80.1. The van der Waals surface area contributed by atoms with Crippen molar-refractivity contribution in [3.8, 4) is 28.6 Å². The summed E-state index contributed by atoms with van der Waals surface area (Å²) < 4.78 is 40.2. The van der Waals surface area contributed by atoms with Crippen molar-refractivity contribution >= 4 is 79.3 Å². The second kappa shape index (κ2) is 22.7. The van der Waals surface area contributed by atoms with Crippen LogP contribution in [0.4, 0.5) is 0 Å². The highest BCUT2D eigenvalue weighted by Gasteiger charge is 2.31. The number of hydrogen-bond acceptors (Lipinski definition) is 13. The number of carbonyl (C=O) groups is 5. The van der Waals surface area contributed by atoms with Crippen molar-refractivity contribution < 1.29 is 61.0 Å². The maximum atomic E-state index is 13.5. The molecule has 5 aromatic carbocycles. The number of aliphatic carboxylic acids is 1. The van der Waals surface area contributed by atoms with Crippen LogP contribution in [0.2, 0.25) is 0 Å². The third-order valence-electron chi connectivity index (χ3n) is 14.5. The Kier molecular flexibility index (Phi) is 14.9. The standard InChI is InChI=1S/C34H34N2O7.C30H20O7/c1-19-23-15-25-22-9-3-6-12-29(22)42-31(25)17-30(23)43-34(41)24(19)16-32(38)36-27(28(37)11-5-7-13-33(39)40)14-20-18-35-26-10-4-2-8-21(20)26;1-2-33-20-11-13-24-23(15-20)27(29(37-24)18-7-4-3-5-8-18)30(32)35-21-10-12-22-25(17-21)36-26(28(22)31)16-19-9-6-14-34-19/h2,4,8,10,15,17-18,27,35H,3,5-7,9,11-14,16H2,1H3,(H,36,38)(H,39,40);3-17H,2H2,1H3/b;26-16-. The van der Waals surface area contributed by atoms with Crippen LogP contribution in [0.25, 0.3) is 61.2 Å². The fourth-order valence-electron chi connectivity index (χ4n) is 10.5. The number of hydrogen-bond donors (Lipinski definition) is 3. The van der Waals surface area contributed by atoms with Crippen molar-refractivity contribution in [1.29, 1.82) is 0 Å². The maximum Gasteiger partial charge on any atom is 0.348 e. The molecule has 3 N–H and O–H groups in total. The van der Waals surface area contributed by atoms with Gasteiger partial charge in [0.15, 0.2) is 11.5 Å². The van der Waals surface area contributed by atoms with E-state index in [0.717, 1.165) is 64.2 Å². The number of aromatic amines is 1. The lowest BCUT2D eigenvalue weighted by Crippen LogP contribution is -2.43. The first-order valence-corrected chi connectivity index (χ1v) is 26.6. The minimum atomic E-state index is -0.908. The van der Waals surface area contributed by atoms with E-state index in [1.165, 1.54) is 24.0 Å². The van der Waals surface area contributed by atoms with Gasteiger partial charge in [-0.25, -0.2) is 9.59 Å². The highest BCUT2D eigenvalue weighted by atomic mass is 16.5. The van der Waals surface area contributed by atoms with Crippen LogP contribution in [0.1, 0.15) is 99.9 Å². The van der Waals surface area contributed by atoms with Gasteiger partial charge < -0.3 is 47.3 Å². The number of amides is 1. The molecule has 1 atom stereocenters. The first-order valence-electron chi connectivity index (χ1n) is 26.6. The smallest absolute Gasteiger partial charge is 0.348 e. The van der Waals surface area contributed by atoms with Crippen LogP contribution in [0, 0.1) is 6.92 Å². The van der Waals surface area contributed by atoms with Crippen LogP contribution < -0.4 is 25.2 Å². The van der Waals surface area contributed by atoms with E-state index in [9.17, 15) is 28.8 Å². The molecular formula is C64H54N2O14. The highest BCUT2D eigenvalue weighted by molar-refractivity contribution is 6.15. The number of rotatable bonds is 17. The summed E-state index contributed by atoms with van der Waals surface area (Å²) in [7, 11) is 0. The molecule has 0 radical (unpaired) electrons. The van der Waals surface area contributed by atoms with Crippen molar-refractivity contribution in [2.24, 2.45) is 0 Å². The molecule has 80 heavy (non-hydrogen) atoms. The molecule has 1 unspecified atom stereocenters. The second-order valence-corrected chi connectivity index (χ2v) is 19.7. The van der Waals surface area contributed by atoms with Crippen LogP contribution in [-0.4, -0.2) is 52.2 Å². The molecule has 6 heterocycles. The second-order valence-electron chi connectivity index (χ2n) is 19.7. The predicted octanol–water partition coefficient (Wildman–Crippen LogP) is 12.6. The Morgan fingerprint density at radius 2 is 1.56 bits per heavy atom. The van der Waals surface area contributed by atoms with Gasteiger partial charge in [-0.3, -0.25) is 19.2 Å². The van der Waals surface area contributed by atoms with Crippen molar-refractivity contribution in [2.75, 3.05) is 6.61 Å². The van der Waals surface area contributed by atoms with Crippen molar-refractivity contribution in [3.05, 3.63) is 189 Å². The topological polar surface area (TPSA) is 231 Å². The highest BCUT2D eigenvalue weighted by Crippen LogP contribution is 2.40. The van der Waals surface area contributed by atoms with Gasteiger partial charge in [0.2, 0.25) is 11.7 Å². The van der Waals surface area contributed by atoms with Crippen molar-refractivity contribution in [3.63, 3.8) is 0 Å². The molecule has 12 rings (SSSR count). The number of aromatic nitrogens is 1. The van der Waals surface area contributed by atoms with E-state index in [1.54, 1.807) is 48.5 Å². The molecule has 0 spiro atoms. The summed E-state index contributed by atoms with van der Waals surface area (Å²) in [6.07, 6.45) is 9.84. The first-order chi connectivity index (χ1) is 38.9. The van der Waals surface area contributed by atoms with Gasteiger partial charge in [0.1, 0.15) is 56.8 Å². The number of H-pyrrole nitrogens is 1. The number of unbranched alkanes of at least 4 members (excludes halogenated alkanes) is 1. The van der Waals surface area contributed by atoms with Crippen molar-refractivity contribution in [2.45, 2.75) is 84.1 Å². The number of Topliss-reactive ketones (excluding diaryl/α,β-unsaturated/α-hetero) is 2. The Hall–Kier alpha value is -9.70. The van der Waals surface area contributed by atoms with Gasteiger partial charge in [0, 0.05) is 88.3 Å². The predicted molar refractivity (Wildman–Crippen MR) is 298 cm³/mol. The number of ether oxygens (including phenoxy) is 3. The number of fused-ring (bicyclic) bond motifs is 7. The maximum absolute atomic E-state index is 13.5. The first kappa shape index (κ1) is 52.4. The summed E-state index contributed by atoms with van der Waals surface area (Å²) in [6, 6.07) is 33.4. The van der Waals surface area contributed by atoms with E-state index in [4.69, 9.17) is 37.0 Å². The van der Waals surface area contributed by atoms with E-state index >= 15 is 0 Å². The number of allylic oxidation sites excluding steroid dienone is 1. The minimum absolute atomic E-state index is 0.0162. The van der Waals surface area contributed by atoms with E-state index < -0.39 is 29.5 Å². The Morgan fingerprint density at radius 1 is 0.775 bits per heavy atom. The number of benzene rings is 5. The number of carboxylic acids is 1. The zero-order chi connectivity index (χ0) is 55.4. The fraction of sp³-hybridized carbons (Fsp3) is 0.219. The quantitative estimate of drug-likeness (QED) is 0.0253. The summed E-state index contributed by atoms with van der Waals surface area (Å²) in [5, 5.41) is 15.1. The zero-order valence-electron chi connectivity index (χ0n) is 43.8. The summed E-state index contributed by atoms with van der Waals surface area (Å²) in [6.45, 7) is 4.19. The Balaban J connectivity index is 0.000000171. The minimum Gasteiger partial charge on any atom is -0.494 e. The number of ketones is 2. The van der Waals surface area contributed by atoms with E-state index in [-0.39, 0.29) is 59.9 Å². The molecule has 0 bridgehead atoms. The van der Waals surface area contributed by atoms with Gasteiger partial charge in [0.05, 0.1) is 36.5 Å². The van der Waals surface area contributed by atoms with Gasteiger partial charge in [-0.1, -0.05) is 48.5 Å². The Morgan fingerprint density at radius 3 is 2.38 bits per heavy atom. The van der Waals surface area contributed by atoms with E-state index in [0.29, 0.717) is 75.7 Å². The van der Waals surface area contributed by atoms with Gasteiger partial charge in [-0.05, 0) is 112 Å². The molecule has 16 nitrogen and oxygen atoms in total. The molecule has 2 aliphatic rings. The third-order valence-corrected chi connectivity index (χ3v) is 14.5. The number of aryl methyl sites for hydroxylation is 3. The average Bonchev–Trinajstić information content (AvgIpc) is 4.47. The molecule has 0 fully saturated rings. The SMILES string of the molecule is CCOc1ccc2oc(-c3ccccc3)c(C(=O)Oc3ccc4c(c3)O/C(=C\c3ccco3)C4=O)c2c1.Cc1c(CC(=O)NC(Cc2c[nH]c3ccccc23)C(=O)CCCCC(=O)O)c(=O)oc2cc3oc4c(c3cc12)CCCC4. The van der Waals surface area contributed by atoms with Crippen LogP contribution in [0.3, 0.4) is 0 Å². The average molecular weight is 1080 g/mol. The number of carbonyl (C=O) groups excluding carboxylic acids is 4. The lowest BCUT2D eigenvalue weighted by molar-refractivity contribution is -0.137. The Labute approximate surface area is 456 Å². The largest absolute Gasteiger partial charge is 0.494 e. The van der Waals surface area contributed by atoms with Crippen LogP contribution in [0.5, 0.6) is 17.2 Å². The molecule has 0 saturated heterocycles. The lowest BCUT2D eigenvalue weighted by Gasteiger charge is -2.18. The molecule has 0 saturated carbocycles. The zero-order valence-corrected chi connectivity index (χ0v) is 43.8. The van der Waals surface area contributed by atoms with Gasteiger partial charge in [0.25, 0.3) is 0 Å². The van der Waals surface area contributed by atoms with Crippen LogP contribution in [0.15, 0.2) is 156 Å². The molecule has 1 aliphatic heterocycles. The normalized spacial score (nSPS) is 13.7. The van der Waals surface area contributed by atoms with E-state index in [2.05, 4.69) is 10.3 Å². The molecule has 16 heteroatoms. The lowest BCUT2D eigenvalue weighted by atomic mass is 9.94. The van der Waals surface area contributed by atoms with E-state index in [1.807, 2.05) is 80.7 Å². The third kappa shape index (κ3) is 10.9. The fourth-order valence-corrected chi connectivity index (χ4v) is 10.5. The van der Waals surface area contributed by atoms with Gasteiger partial charge >= 0.3 is 17.6 Å². The van der Waals surface area contributed by atoms with Gasteiger partial charge in [-0.15, -0.1) is 0 Å². The summed E-state index contributed by atoms with van der Waals surface area (Å²) in [5.41, 5.74) is 6.37. The molecular weight excluding hydrogens is 1020 g/mol. The number of esters is 1. The molecule has 1 amide bonds. The Bertz CT molecular complexity index is 4120. The number of carboxylic acid groups (broad SMARTS) is 1. The monoisotopic (exact) mass is 1070 g/mol. The molecule has 10 aromatic rings.